The summed E-state index contributed by atoms with van der Waals surface area (Å²) in [4.78, 5) is 23.0. The van der Waals surface area contributed by atoms with Crippen LogP contribution in [0.5, 0.6) is 0 Å². The van der Waals surface area contributed by atoms with Gasteiger partial charge in [-0.3, -0.25) is 4.79 Å². The van der Waals surface area contributed by atoms with Gasteiger partial charge in [0.25, 0.3) is 5.91 Å². The Morgan fingerprint density at radius 3 is 2.54 bits per heavy atom. The van der Waals surface area contributed by atoms with Gasteiger partial charge in [0.2, 0.25) is 10.0 Å². The van der Waals surface area contributed by atoms with Gasteiger partial charge < -0.3 is 4.90 Å². The van der Waals surface area contributed by atoms with E-state index in [1.807, 2.05) is 13.8 Å². The molecule has 1 aliphatic heterocycles. The molecule has 0 bridgehead atoms. The predicted molar refractivity (Wildman–Crippen MR) is 92.2 cm³/mol. The molecule has 8 heteroatoms. The van der Waals surface area contributed by atoms with Crippen molar-refractivity contribution in [2.75, 3.05) is 25.9 Å². The van der Waals surface area contributed by atoms with E-state index in [2.05, 4.69) is 9.97 Å². The van der Waals surface area contributed by atoms with Crippen LogP contribution in [0.15, 0.2) is 6.20 Å². The van der Waals surface area contributed by atoms with Crippen molar-refractivity contribution in [3.63, 3.8) is 0 Å². The molecule has 0 N–H and O–H groups in total. The fraction of sp³-hybridized carbons (Fsp3) is 0.688. The molecule has 1 aromatic heterocycles. The van der Waals surface area contributed by atoms with Crippen LogP contribution in [0.1, 0.15) is 61.0 Å². The highest BCUT2D eigenvalue weighted by atomic mass is 32.2. The molecule has 24 heavy (non-hydrogen) atoms. The van der Waals surface area contributed by atoms with Crippen LogP contribution in [-0.4, -0.2) is 59.4 Å². The van der Waals surface area contributed by atoms with E-state index in [-0.39, 0.29) is 11.9 Å². The van der Waals surface area contributed by atoms with Gasteiger partial charge in [-0.15, -0.1) is 0 Å². The Bertz CT molecular complexity index is 701. The topological polar surface area (TPSA) is 83.5 Å². The van der Waals surface area contributed by atoms with E-state index in [1.54, 1.807) is 11.8 Å². The summed E-state index contributed by atoms with van der Waals surface area (Å²) >= 11 is 0. The molecule has 1 fully saturated rings. The van der Waals surface area contributed by atoms with Gasteiger partial charge in [-0.1, -0.05) is 6.42 Å². The van der Waals surface area contributed by atoms with Crippen LogP contribution < -0.4 is 0 Å². The minimum absolute atomic E-state index is 0.0901. The largest absolute Gasteiger partial charge is 0.339 e. The van der Waals surface area contributed by atoms with Crippen LogP contribution in [0, 0.1) is 6.92 Å². The summed E-state index contributed by atoms with van der Waals surface area (Å²) in [5, 5.41) is 0. The zero-order chi connectivity index (χ0) is 17.9. The van der Waals surface area contributed by atoms with Gasteiger partial charge in [0.1, 0.15) is 5.82 Å². The first-order valence-electron chi connectivity index (χ1n) is 8.39. The monoisotopic (exact) mass is 354 g/mol. The molecule has 2 rings (SSSR count). The summed E-state index contributed by atoms with van der Waals surface area (Å²) < 4.78 is 25.5. The van der Waals surface area contributed by atoms with Crippen LogP contribution in [0.25, 0.3) is 0 Å². The molecule has 1 atom stereocenters. The number of rotatable bonds is 5. The Morgan fingerprint density at radius 2 is 2.00 bits per heavy atom. The summed E-state index contributed by atoms with van der Waals surface area (Å²) in [6, 6.07) is -0.343. The third kappa shape index (κ3) is 3.92. The lowest BCUT2D eigenvalue weighted by molar-refractivity contribution is 0.0771. The highest BCUT2D eigenvalue weighted by Crippen LogP contribution is 2.31. The zero-order valence-electron chi connectivity index (χ0n) is 14.8. The molecular weight excluding hydrogens is 328 g/mol. The molecule has 7 nitrogen and oxygen atoms in total. The highest BCUT2D eigenvalue weighted by Gasteiger charge is 2.33. The lowest BCUT2D eigenvalue weighted by Crippen LogP contribution is -2.38. The van der Waals surface area contributed by atoms with Crippen LogP contribution >= 0.6 is 0 Å². The summed E-state index contributed by atoms with van der Waals surface area (Å²) in [5.41, 5.74) is 1.07. The van der Waals surface area contributed by atoms with Crippen LogP contribution in [0.3, 0.4) is 0 Å². The maximum atomic E-state index is 12.5. The Hall–Kier alpha value is -1.54. The highest BCUT2D eigenvalue weighted by molar-refractivity contribution is 7.88. The van der Waals surface area contributed by atoms with Crippen molar-refractivity contribution in [2.45, 2.75) is 46.1 Å². The number of aromatic nitrogens is 2. The van der Waals surface area contributed by atoms with Crippen molar-refractivity contribution in [1.82, 2.24) is 19.2 Å². The molecule has 0 aromatic carbocycles. The zero-order valence-corrected chi connectivity index (χ0v) is 15.6. The summed E-state index contributed by atoms with van der Waals surface area (Å²) in [7, 11) is -3.31. The predicted octanol–water partition coefficient (Wildman–Crippen LogP) is 1.75. The number of piperidine rings is 1. The number of hydrogen-bond donors (Lipinski definition) is 0. The van der Waals surface area contributed by atoms with E-state index in [9.17, 15) is 13.2 Å². The second-order valence-corrected chi connectivity index (χ2v) is 8.03. The molecule has 1 aromatic rings. The Kier molecular flexibility index (Phi) is 5.92. The quantitative estimate of drug-likeness (QED) is 0.804. The first kappa shape index (κ1) is 18.8. The molecule has 0 saturated carbocycles. The standard InChI is InChI=1S/C16H26N4O3S/c1-5-19(6-2)16(21)13-11-17-15(18-12(13)3)14-9-7-8-10-20(14)24(4,22)23/h11,14H,5-10H2,1-4H3/t14-/m0/s1. The van der Waals surface area contributed by atoms with Crippen molar-refractivity contribution in [3.8, 4) is 0 Å². The van der Waals surface area contributed by atoms with E-state index in [4.69, 9.17) is 0 Å². The molecule has 0 radical (unpaired) electrons. The average Bonchev–Trinajstić information content (AvgIpc) is 2.55. The van der Waals surface area contributed by atoms with E-state index in [0.717, 1.165) is 12.8 Å². The molecule has 0 aliphatic carbocycles. The number of hydrogen-bond acceptors (Lipinski definition) is 5. The Labute approximate surface area is 144 Å². The van der Waals surface area contributed by atoms with Crippen molar-refractivity contribution < 1.29 is 13.2 Å². The van der Waals surface area contributed by atoms with Crippen molar-refractivity contribution >= 4 is 15.9 Å². The number of carbonyl (C=O) groups is 1. The first-order chi connectivity index (χ1) is 11.3. The van der Waals surface area contributed by atoms with Gasteiger partial charge in [-0.25, -0.2) is 18.4 Å². The van der Waals surface area contributed by atoms with Gasteiger partial charge in [-0.05, 0) is 33.6 Å². The third-order valence-electron chi connectivity index (χ3n) is 4.46. The average molecular weight is 354 g/mol. The van der Waals surface area contributed by atoms with Gasteiger partial charge in [-0.2, -0.15) is 4.31 Å². The van der Waals surface area contributed by atoms with Crippen LogP contribution in [-0.2, 0) is 10.0 Å². The molecule has 1 amide bonds. The lowest BCUT2D eigenvalue weighted by Gasteiger charge is -2.32. The van der Waals surface area contributed by atoms with Crippen LogP contribution in [0.4, 0.5) is 0 Å². The van der Waals surface area contributed by atoms with E-state index < -0.39 is 10.0 Å². The molecule has 2 heterocycles. The number of nitrogens with zero attached hydrogens (tertiary/aromatic N) is 4. The van der Waals surface area contributed by atoms with Crippen LogP contribution in [0.2, 0.25) is 0 Å². The Morgan fingerprint density at radius 1 is 1.33 bits per heavy atom. The maximum absolute atomic E-state index is 12.5. The van der Waals surface area contributed by atoms with E-state index in [0.29, 0.717) is 43.1 Å². The van der Waals surface area contributed by atoms with Gasteiger partial charge in [0.15, 0.2) is 0 Å². The number of carbonyl (C=O) groups excluding carboxylic acids is 1. The molecule has 0 spiro atoms. The smallest absolute Gasteiger partial charge is 0.257 e. The van der Waals surface area contributed by atoms with Crippen molar-refractivity contribution in [2.24, 2.45) is 0 Å². The fourth-order valence-electron chi connectivity index (χ4n) is 3.10. The van der Waals surface area contributed by atoms with E-state index in [1.165, 1.54) is 16.8 Å². The minimum atomic E-state index is -3.31. The molecule has 1 aliphatic rings. The lowest BCUT2D eigenvalue weighted by atomic mass is 10.0. The minimum Gasteiger partial charge on any atom is -0.339 e. The van der Waals surface area contributed by atoms with Gasteiger partial charge in [0.05, 0.1) is 23.6 Å². The van der Waals surface area contributed by atoms with Gasteiger partial charge >= 0.3 is 0 Å². The normalized spacial score (nSPS) is 19.2. The molecular formula is C16H26N4O3S. The second-order valence-electron chi connectivity index (χ2n) is 6.09. The number of amides is 1. The summed E-state index contributed by atoms with van der Waals surface area (Å²) in [6.07, 6.45) is 5.25. The SMILES string of the molecule is CCN(CC)C(=O)c1cnc([C@@H]2CCCCN2S(C)(=O)=O)nc1C. The Balaban J connectivity index is 2.33. The van der Waals surface area contributed by atoms with Gasteiger partial charge in [0, 0.05) is 25.8 Å². The molecule has 0 unspecified atom stereocenters. The number of aryl methyl sites for hydroxylation is 1. The second kappa shape index (κ2) is 7.57. The van der Waals surface area contributed by atoms with E-state index >= 15 is 0 Å². The first-order valence-corrected chi connectivity index (χ1v) is 10.2. The maximum Gasteiger partial charge on any atom is 0.257 e. The fourth-order valence-corrected chi connectivity index (χ4v) is 4.22. The molecule has 134 valence electrons. The number of sulfonamides is 1. The summed E-state index contributed by atoms with van der Waals surface area (Å²) in [6.45, 7) is 7.37. The third-order valence-corrected chi connectivity index (χ3v) is 5.75. The van der Waals surface area contributed by atoms with Crippen molar-refractivity contribution in [1.29, 1.82) is 0 Å². The van der Waals surface area contributed by atoms with Crippen molar-refractivity contribution in [3.05, 3.63) is 23.3 Å². The molecule has 1 saturated heterocycles. The summed E-state index contributed by atoms with van der Waals surface area (Å²) in [5.74, 6) is 0.390.